The van der Waals surface area contributed by atoms with Crippen molar-refractivity contribution in [3.8, 4) is 0 Å². The van der Waals surface area contributed by atoms with E-state index in [-0.39, 0.29) is 5.57 Å². The number of carboxylic acids is 1. The topological polar surface area (TPSA) is 52.9 Å². The molecule has 1 aliphatic heterocycles. The Labute approximate surface area is 76.2 Å². The minimum Gasteiger partial charge on any atom is -0.478 e. The maximum Gasteiger partial charge on any atom is 0.333 e. The van der Waals surface area contributed by atoms with Crippen LogP contribution in [-0.4, -0.2) is 22.8 Å². The molecule has 0 aromatic rings. The molecule has 4 nitrogen and oxygen atoms in total. The first-order valence-corrected chi connectivity index (χ1v) is 3.71. The first-order valence-electron chi connectivity index (χ1n) is 3.71. The Morgan fingerprint density at radius 2 is 2.31 bits per heavy atom. The van der Waals surface area contributed by atoms with Gasteiger partial charge in [-0.2, -0.15) is 5.10 Å². The zero-order valence-electron chi connectivity index (χ0n) is 7.27. The Balaban J connectivity index is 3.09. The molecule has 0 saturated heterocycles. The van der Waals surface area contributed by atoms with Crippen LogP contribution in [0, 0.1) is 0 Å². The summed E-state index contributed by atoms with van der Waals surface area (Å²) >= 11 is 0. The molecule has 0 fully saturated rings. The van der Waals surface area contributed by atoms with Gasteiger partial charge in [-0.3, -0.25) is 0 Å². The van der Waals surface area contributed by atoms with E-state index >= 15 is 0 Å². The minimum atomic E-state index is -0.955. The first-order chi connectivity index (χ1) is 6.16. The van der Waals surface area contributed by atoms with Crippen molar-refractivity contribution in [3.05, 3.63) is 35.7 Å². The molecular weight excluding hydrogens is 168 g/mol. The normalized spacial score (nSPS) is 18.7. The SMILES string of the molecule is C=NN1C=CC=C/C1=C(/C)C(=O)O. The third kappa shape index (κ3) is 1.84. The Morgan fingerprint density at radius 1 is 1.62 bits per heavy atom. The van der Waals surface area contributed by atoms with Gasteiger partial charge in [-0.25, -0.2) is 9.80 Å². The molecule has 1 rings (SSSR count). The van der Waals surface area contributed by atoms with Gasteiger partial charge in [0.1, 0.15) is 0 Å². The quantitative estimate of drug-likeness (QED) is 0.513. The second-order valence-corrected chi connectivity index (χ2v) is 2.50. The predicted octanol–water partition coefficient (Wildman–Crippen LogP) is 1.35. The number of nitrogens with zero attached hydrogens (tertiary/aromatic N) is 2. The summed E-state index contributed by atoms with van der Waals surface area (Å²) in [7, 11) is 0. The highest BCUT2D eigenvalue weighted by atomic mass is 16.4. The van der Waals surface area contributed by atoms with Gasteiger partial charge in [-0.1, -0.05) is 6.08 Å². The summed E-state index contributed by atoms with van der Waals surface area (Å²) in [6, 6.07) is 0. The summed E-state index contributed by atoms with van der Waals surface area (Å²) in [5, 5.41) is 13.8. The summed E-state index contributed by atoms with van der Waals surface area (Å²) in [5.74, 6) is -0.955. The molecule has 0 spiro atoms. The maximum atomic E-state index is 10.7. The average Bonchev–Trinajstić information content (AvgIpc) is 2.16. The summed E-state index contributed by atoms with van der Waals surface area (Å²) in [5.41, 5.74) is 0.776. The molecule has 0 atom stereocenters. The highest BCUT2D eigenvalue weighted by molar-refractivity contribution is 5.87. The van der Waals surface area contributed by atoms with Crippen LogP contribution in [0.15, 0.2) is 40.8 Å². The zero-order chi connectivity index (χ0) is 9.84. The van der Waals surface area contributed by atoms with Crippen molar-refractivity contribution in [1.29, 1.82) is 0 Å². The van der Waals surface area contributed by atoms with Crippen molar-refractivity contribution >= 4 is 12.7 Å². The molecule has 0 bridgehead atoms. The van der Waals surface area contributed by atoms with E-state index in [2.05, 4.69) is 11.8 Å². The Morgan fingerprint density at radius 3 is 2.85 bits per heavy atom. The van der Waals surface area contributed by atoms with Crippen LogP contribution in [0.5, 0.6) is 0 Å². The molecule has 68 valence electrons. The van der Waals surface area contributed by atoms with Gasteiger partial charge in [-0.15, -0.1) is 0 Å². The fourth-order valence-corrected chi connectivity index (χ4v) is 0.964. The van der Waals surface area contributed by atoms with Gasteiger partial charge < -0.3 is 5.11 Å². The lowest BCUT2D eigenvalue weighted by molar-refractivity contribution is -0.132. The van der Waals surface area contributed by atoms with E-state index in [0.717, 1.165) is 0 Å². The maximum absolute atomic E-state index is 10.7. The second-order valence-electron chi connectivity index (χ2n) is 2.50. The van der Waals surface area contributed by atoms with Gasteiger partial charge in [0.2, 0.25) is 0 Å². The molecule has 1 aliphatic rings. The van der Waals surface area contributed by atoms with Gasteiger partial charge in [-0.05, 0) is 19.1 Å². The minimum absolute atomic E-state index is 0.244. The molecule has 0 saturated carbocycles. The summed E-state index contributed by atoms with van der Waals surface area (Å²) < 4.78 is 0. The van der Waals surface area contributed by atoms with Crippen molar-refractivity contribution in [3.63, 3.8) is 0 Å². The summed E-state index contributed by atoms with van der Waals surface area (Å²) in [6.45, 7) is 4.87. The molecule has 0 radical (unpaired) electrons. The van der Waals surface area contributed by atoms with Crippen molar-refractivity contribution in [1.82, 2.24) is 5.01 Å². The zero-order valence-corrected chi connectivity index (χ0v) is 7.27. The summed E-state index contributed by atoms with van der Waals surface area (Å²) in [6.07, 6.45) is 6.84. The number of hydrogen-bond donors (Lipinski definition) is 1. The van der Waals surface area contributed by atoms with E-state index in [1.165, 1.54) is 11.9 Å². The van der Waals surface area contributed by atoms with Crippen LogP contribution >= 0.6 is 0 Å². The number of rotatable bonds is 2. The van der Waals surface area contributed by atoms with Gasteiger partial charge in [0.05, 0.1) is 11.3 Å². The lowest BCUT2D eigenvalue weighted by Crippen LogP contribution is -2.14. The highest BCUT2D eigenvalue weighted by Gasteiger charge is 2.12. The molecule has 1 heterocycles. The second kappa shape index (κ2) is 3.71. The molecule has 13 heavy (non-hydrogen) atoms. The van der Waals surface area contributed by atoms with Crippen LogP contribution in [0.25, 0.3) is 0 Å². The molecule has 0 amide bonds. The van der Waals surface area contributed by atoms with Crippen LogP contribution in [0.2, 0.25) is 0 Å². The van der Waals surface area contributed by atoms with Gasteiger partial charge >= 0.3 is 5.97 Å². The van der Waals surface area contributed by atoms with E-state index in [4.69, 9.17) is 5.11 Å². The number of hydrogen-bond acceptors (Lipinski definition) is 3. The fraction of sp³-hybridized carbons (Fsp3) is 0.111. The lowest BCUT2D eigenvalue weighted by Gasteiger charge is -2.18. The Hall–Kier alpha value is -1.84. The molecular formula is C9H10N2O2. The highest BCUT2D eigenvalue weighted by Crippen LogP contribution is 2.16. The Bertz CT molecular complexity index is 327. The predicted molar refractivity (Wildman–Crippen MR) is 50.0 cm³/mol. The summed E-state index contributed by atoms with van der Waals surface area (Å²) in [4.78, 5) is 10.7. The molecule has 0 aromatic carbocycles. The standard InChI is InChI=1S/C9H10N2O2/c1-7(9(12)13)8-5-3-4-6-11(8)10-2/h3-6H,2H2,1H3,(H,12,13)/b8-7+. The molecule has 0 aromatic heterocycles. The van der Waals surface area contributed by atoms with Crippen LogP contribution in [0.4, 0.5) is 0 Å². The van der Waals surface area contributed by atoms with Crippen LogP contribution < -0.4 is 0 Å². The average molecular weight is 178 g/mol. The van der Waals surface area contributed by atoms with Crippen molar-refractivity contribution in [2.45, 2.75) is 6.92 Å². The van der Waals surface area contributed by atoms with Crippen molar-refractivity contribution in [2.75, 3.05) is 0 Å². The van der Waals surface area contributed by atoms with E-state index < -0.39 is 5.97 Å². The largest absolute Gasteiger partial charge is 0.478 e. The van der Waals surface area contributed by atoms with E-state index in [1.807, 2.05) is 0 Å². The van der Waals surface area contributed by atoms with E-state index in [9.17, 15) is 4.79 Å². The van der Waals surface area contributed by atoms with E-state index in [0.29, 0.717) is 5.70 Å². The van der Waals surface area contributed by atoms with Crippen LogP contribution in [-0.2, 0) is 4.79 Å². The lowest BCUT2D eigenvalue weighted by atomic mass is 10.2. The van der Waals surface area contributed by atoms with Gasteiger partial charge in [0, 0.05) is 12.9 Å². The number of carbonyl (C=O) groups is 1. The Kier molecular flexibility index (Phi) is 2.64. The van der Waals surface area contributed by atoms with Crippen molar-refractivity contribution in [2.24, 2.45) is 5.10 Å². The van der Waals surface area contributed by atoms with Crippen LogP contribution in [0.1, 0.15) is 6.92 Å². The monoisotopic (exact) mass is 178 g/mol. The van der Waals surface area contributed by atoms with Crippen LogP contribution in [0.3, 0.4) is 0 Å². The van der Waals surface area contributed by atoms with Crippen molar-refractivity contribution < 1.29 is 9.90 Å². The molecule has 4 heteroatoms. The first kappa shape index (κ1) is 9.25. The molecule has 1 N–H and O–H groups in total. The smallest absolute Gasteiger partial charge is 0.333 e. The number of aliphatic carboxylic acids is 1. The molecule has 0 unspecified atom stereocenters. The number of carboxylic acid groups (broad SMARTS) is 1. The fourth-order valence-electron chi connectivity index (χ4n) is 0.964. The van der Waals surface area contributed by atoms with E-state index in [1.54, 1.807) is 24.4 Å². The third-order valence-electron chi connectivity index (χ3n) is 1.70. The van der Waals surface area contributed by atoms with Gasteiger partial charge in [0.15, 0.2) is 0 Å². The molecule has 0 aliphatic carbocycles. The third-order valence-corrected chi connectivity index (χ3v) is 1.70. The number of allylic oxidation sites excluding steroid dienone is 3. The van der Waals surface area contributed by atoms with Gasteiger partial charge in [0.25, 0.3) is 0 Å². The number of hydrazone groups is 1.